The lowest BCUT2D eigenvalue weighted by atomic mass is 10.2. The zero-order valence-electron chi connectivity index (χ0n) is 15.3. The molecule has 0 aliphatic rings. The van der Waals surface area contributed by atoms with Crippen molar-refractivity contribution in [2.45, 2.75) is 24.8 Å². The minimum absolute atomic E-state index is 0.0198. The number of hydrogen-bond donors (Lipinski definition) is 1. The third-order valence-electron chi connectivity index (χ3n) is 3.86. The molecule has 28 heavy (non-hydrogen) atoms. The summed E-state index contributed by atoms with van der Waals surface area (Å²) in [5, 5.41) is 11.9. The van der Waals surface area contributed by atoms with Gasteiger partial charge in [0.1, 0.15) is 16.8 Å². The Hall–Kier alpha value is -2.73. The van der Waals surface area contributed by atoms with Crippen LogP contribution < -0.4 is 9.46 Å². The predicted molar refractivity (Wildman–Crippen MR) is 109 cm³/mol. The zero-order chi connectivity index (χ0) is 20.0. The number of hydrogen-bond acceptors (Lipinski definition) is 6. The van der Waals surface area contributed by atoms with Gasteiger partial charge in [0.25, 0.3) is 0 Å². The molecule has 0 atom stereocenters. The van der Waals surface area contributed by atoms with E-state index >= 15 is 0 Å². The summed E-state index contributed by atoms with van der Waals surface area (Å²) in [5.74, 6) is 0.385. The fourth-order valence-corrected chi connectivity index (χ4v) is 4.31. The number of nitrogens with one attached hydrogen (secondary N) is 1. The van der Waals surface area contributed by atoms with Crippen LogP contribution in [0.15, 0.2) is 58.8 Å². The largest absolute Gasteiger partial charge is 0.492 e. The predicted octanol–water partition coefficient (Wildman–Crippen LogP) is 3.95. The molecule has 0 saturated carbocycles. The van der Waals surface area contributed by atoms with Gasteiger partial charge in [0, 0.05) is 10.9 Å². The topological polar surface area (TPSA) is 92.1 Å². The molecule has 0 fully saturated rings. The van der Waals surface area contributed by atoms with Crippen molar-refractivity contribution in [3.05, 3.63) is 65.2 Å². The molecule has 0 aliphatic heterocycles. The smallest absolute Gasteiger partial charge is 0.240 e. The third-order valence-corrected chi connectivity index (χ3v) is 6.20. The van der Waals surface area contributed by atoms with Crippen molar-refractivity contribution in [1.82, 2.24) is 9.71 Å². The van der Waals surface area contributed by atoms with Crippen molar-refractivity contribution < 1.29 is 13.2 Å². The number of thiazole rings is 1. The van der Waals surface area contributed by atoms with E-state index in [4.69, 9.17) is 4.74 Å². The van der Waals surface area contributed by atoms with Crippen LogP contribution in [0.4, 0.5) is 0 Å². The first-order valence-electron chi connectivity index (χ1n) is 8.70. The number of nitriles is 1. The lowest BCUT2D eigenvalue weighted by Crippen LogP contribution is -2.23. The minimum Gasteiger partial charge on any atom is -0.492 e. The van der Waals surface area contributed by atoms with Crippen molar-refractivity contribution in [2.24, 2.45) is 0 Å². The average Bonchev–Trinajstić information content (AvgIpc) is 3.20. The van der Waals surface area contributed by atoms with Crippen molar-refractivity contribution in [3.63, 3.8) is 0 Å². The summed E-state index contributed by atoms with van der Waals surface area (Å²) >= 11 is 1.46. The maximum absolute atomic E-state index is 12.6. The Labute approximate surface area is 168 Å². The van der Waals surface area contributed by atoms with Gasteiger partial charge in [-0.2, -0.15) is 5.26 Å². The first-order chi connectivity index (χ1) is 13.5. The van der Waals surface area contributed by atoms with E-state index in [2.05, 4.69) is 9.71 Å². The first kappa shape index (κ1) is 20.0. The highest BCUT2D eigenvalue weighted by atomic mass is 32.2. The normalized spacial score (nSPS) is 11.1. The number of sulfonamides is 1. The highest BCUT2D eigenvalue weighted by Gasteiger charge is 2.17. The van der Waals surface area contributed by atoms with Gasteiger partial charge in [-0.25, -0.2) is 18.1 Å². The molecule has 3 rings (SSSR count). The van der Waals surface area contributed by atoms with E-state index in [1.807, 2.05) is 48.7 Å². The van der Waals surface area contributed by atoms with Gasteiger partial charge in [0.05, 0.1) is 29.3 Å². The standard InChI is InChI=1S/C20H19N3O3S2/c1-2-10-26-19-9-8-18(11-16(19)12-21)28(24,25)22-13-17-14-27-20(23-17)15-6-4-3-5-7-15/h3-9,11,14,22H,2,10,13H2,1H3. The van der Waals surface area contributed by atoms with Crippen LogP contribution in [0.5, 0.6) is 5.75 Å². The average molecular weight is 414 g/mol. The van der Waals surface area contributed by atoms with Crippen LogP contribution in [0.2, 0.25) is 0 Å². The molecule has 1 aromatic heterocycles. The number of aromatic nitrogens is 1. The molecule has 3 aromatic rings. The van der Waals surface area contributed by atoms with E-state index in [1.54, 1.807) is 0 Å². The van der Waals surface area contributed by atoms with Crippen molar-refractivity contribution in [2.75, 3.05) is 6.61 Å². The van der Waals surface area contributed by atoms with Crippen LogP contribution in [0.3, 0.4) is 0 Å². The van der Waals surface area contributed by atoms with Gasteiger partial charge in [0.2, 0.25) is 10.0 Å². The molecule has 1 N–H and O–H groups in total. The molecule has 0 radical (unpaired) electrons. The molecule has 0 aliphatic carbocycles. The Morgan fingerprint density at radius 1 is 1.21 bits per heavy atom. The van der Waals surface area contributed by atoms with Gasteiger partial charge >= 0.3 is 0 Å². The second-order valence-corrected chi connectivity index (χ2v) is 8.58. The van der Waals surface area contributed by atoms with E-state index in [0.29, 0.717) is 18.1 Å². The van der Waals surface area contributed by atoms with Crippen molar-refractivity contribution >= 4 is 21.4 Å². The maximum atomic E-state index is 12.6. The summed E-state index contributed by atoms with van der Waals surface area (Å²) < 4.78 is 33.2. The molecular weight excluding hydrogens is 394 g/mol. The second-order valence-electron chi connectivity index (χ2n) is 5.95. The van der Waals surface area contributed by atoms with E-state index in [9.17, 15) is 13.7 Å². The van der Waals surface area contributed by atoms with Gasteiger partial charge in [0.15, 0.2) is 0 Å². The Morgan fingerprint density at radius 3 is 2.71 bits per heavy atom. The molecule has 8 heteroatoms. The Balaban J connectivity index is 1.72. The molecule has 0 amide bonds. The van der Waals surface area contributed by atoms with Crippen LogP contribution in [0.25, 0.3) is 10.6 Å². The number of ether oxygens (including phenoxy) is 1. The Bertz CT molecular complexity index is 1090. The van der Waals surface area contributed by atoms with Crippen molar-refractivity contribution in [1.29, 1.82) is 5.26 Å². The van der Waals surface area contributed by atoms with E-state index in [1.165, 1.54) is 29.5 Å². The SMILES string of the molecule is CCCOc1ccc(S(=O)(=O)NCc2csc(-c3ccccc3)n2)cc1C#N. The summed E-state index contributed by atoms with van der Waals surface area (Å²) in [7, 11) is -3.78. The van der Waals surface area contributed by atoms with Crippen LogP contribution in [0, 0.1) is 11.3 Å². The summed E-state index contributed by atoms with van der Waals surface area (Å²) in [6.07, 6.45) is 0.797. The number of benzene rings is 2. The molecule has 1 heterocycles. The van der Waals surface area contributed by atoms with Crippen LogP contribution in [0.1, 0.15) is 24.6 Å². The highest BCUT2D eigenvalue weighted by Crippen LogP contribution is 2.24. The molecule has 2 aromatic carbocycles. The van der Waals surface area contributed by atoms with Gasteiger partial charge in [-0.15, -0.1) is 11.3 Å². The summed E-state index contributed by atoms with van der Waals surface area (Å²) in [4.78, 5) is 4.50. The van der Waals surface area contributed by atoms with Crippen LogP contribution in [-0.2, 0) is 16.6 Å². The van der Waals surface area contributed by atoms with Gasteiger partial charge in [-0.1, -0.05) is 37.3 Å². The van der Waals surface area contributed by atoms with E-state index in [0.717, 1.165) is 17.0 Å². The van der Waals surface area contributed by atoms with Crippen LogP contribution in [-0.4, -0.2) is 20.0 Å². The number of rotatable bonds is 8. The fraction of sp³-hybridized carbons (Fsp3) is 0.200. The maximum Gasteiger partial charge on any atom is 0.240 e. The summed E-state index contributed by atoms with van der Waals surface area (Å²) in [6, 6.07) is 16.0. The van der Waals surface area contributed by atoms with Crippen LogP contribution >= 0.6 is 11.3 Å². The lowest BCUT2D eigenvalue weighted by molar-refractivity contribution is 0.316. The molecule has 0 unspecified atom stereocenters. The second kappa shape index (κ2) is 8.97. The summed E-state index contributed by atoms with van der Waals surface area (Å²) in [6.45, 7) is 2.49. The molecular formula is C20H19N3O3S2. The molecule has 0 saturated heterocycles. The van der Waals surface area contributed by atoms with Gasteiger partial charge in [-0.3, -0.25) is 0 Å². The van der Waals surface area contributed by atoms with Gasteiger partial charge in [-0.05, 0) is 24.6 Å². The monoisotopic (exact) mass is 413 g/mol. The first-order valence-corrected chi connectivity index (χ1v) is 11.1. The van der Waals surface area contributed by atoms with Crippen molar-refractivity contribution in [3.8, 4) is 22.4 Å². The van der Waals surface area contributed by atoms with E-state index in [-0.39, 0.29) is 17.0 Å². The summed E-state index contributed by atoms with van der Waals surface area (Å²) in [5.41, 5.74) is 1.81. The number of nitrogens with zero attached hydrogens (tertiary/aromatic N) is 2. The molecule has 0 spiro atoms. The quantitative estimate of drug-likeness (QED) is 0.604. The highest BCUT2D eigenvalue weighted by molar-refractivity contribution is 7.89. The third kappa shape index (κ3) is 4.75. The fourth-order valence-electron chi connectivity index (χ4n) is 2.46. The zero-order valence-corrected chi connectivity index (χ0v) is 16.9. The van der Waals surface area contributed by atoms with E-state index < -0.39 is 10.0 Å². The Morgan fingerprint density at radius 2 is 2.00 bits per heavy atom. The molecule has 144 valence electrons. The van der Waals surface area contributed by atoms with Gasteiger partial charge < -0.3 is 4.74 Å². The minimum atomic E-state index is -3.78. The molecule has 6 nitrogen and oxygen atoms in total. The lowest BCUT2D eigenvalue weighted by Gasteiger charge is -2.09. The molecule has 0 bridgehead atoms. The Kier molecular flexibility index (Phi) is 6.41.